The molecule has 0 saturated heterocycles. The maximum absolute atomic E-state index is 13.6. The molecule has 0 aliphatic rings. The van der Waals surface area contributed by atoms with Crippen molar-refractivity contribution in [3.05, 3.63) is 125 Å². The number of carbonyl (C=O) groups is 2. The Hall–Kier alpha value is -3.75. The van der Waals surface area contributed by atoms with Crippen LogP contribution < -0.4 is 10.6 Å². The first-order valence-corrected chi connectivity index (χ1v) is 12.8. The molecule has 0 bridgehead atoms. The van der Waals surface area contributed by atoms with E-state index in [1.165, 1.54) is 17.8 Å². The quantitative estimate of drug-likeness (QED) is 0.217. The smallest absolute Gasteiger partial charge is 0.326 e. The lowest BCUT2D eigenvalue weighted by molar-refractivity contribution is -0.137. The molecule has 2 amide bonds. The molecular formula is C29H22ClF3N2O2S. The third kappa shape index (κ3) is 7.40. The minimum absolute atomic E-state index is 0.0831. The van der Waals surface area contributed by atoms with E-state index in [0.29, 0.717) is 16.1 Å². The molecular weight excluding hydrogens is 533 g/mol. The molecule has 4 aromatic rings. The average Bonchev–Trinajstić information content (AvgIpc) is 2.89. The van der Waals surface area contributed by atoms with Crippen molar-refractivity contribution in [2.24, 2.45) is 0 Å². The molecule has 9 heteroatoms. The van der Waals surface area contributed by atoms with Gasteiger partial charge in [-0.3, -0.25) is 9.59 Å². The van der Waals surface area contributed by atoms with Crippen molar-refractivity contribution in [3.63, 3.8) is 0 Å². The van der Waals surface area contributed by atoms with Gasteiger partial charge in [-0.2, -0.15) is 13.2 Å². The summed E-state index contributed by atoms with van der Waals surface area (Å²) in [5, 5.41) is 4.34. The van der Waals surface area contributed by atoms with Crippen molar-refractivity contribution in [1.82, 2.24) is 0 Å². The second-order valence-corrected chi connectivity index (χ2v) is 9.94. The average molecular weight is 555 g/mol. The van der Waals surface area contributed by atoms with Crippen LogP contribution in [0, 0.1) is 0 Å². The van der Waals surface area contributed by atoms with Crippen molar-refractivity contribution in [1.29, 1.82) is 0 Å². The van der Waals surface area contributed by atoms with Gasteiger partial charge in [0.25, 0.3) is 0 Å². The lowest BCUT2D eigenvalue weighted by Crippen LogP contribution is -2.21. The molecule has 0 aliphatic carbocycles. The van der Waals surface area contributed by atoms with Gasteiger partial charge in [0.1, 0.15) is 5.25 Å². The predicted molar refractivity (Wildman–Crippen MR) is 145 cm³/mol. The molecule has 0 aliphatic heterocycles. The summed E-state index contributed by atoms with van der Waals surface area (Å²) < 4.78 is 40.7. The molecule has 4 aromatic carbocycles. The molecule has 1 unspecified atom stereocenters. The van der Waals surface area contributed by atoms with Crippen LogP contribution in [0.25, 0.3) is 0 Å². The number of benzene rings is 4. The first-order valence-electron chi connectivity index (χ1n) is 11.5. The molecule has 2 N–H and O–H groups in total. The molecule has 38 heavy (non-hydrogen) atoms. The minimum atomic E-state index is -4.69. The molecule has 4 nitrogen and oxygen atoms in total. The summed E-state index contributed by atoms with van der Waals surface area (Å²) in [6.45, 7) is 0. The van der Waals surface area contributed by atoms with Crippen LogP contribution in [-0.4, -0.2) is 11.8 Å². The standard InChI is InChI=1S/C29H22ClF3N2O2S/c30-21-11-16-25(24(18-21)29(31,32)33)35-28(37)27(20-9-5-2-6-10-20)38-23-14-12-22(13-15-23)34-26(36)17-19-7-3-1-4-8-19/h1-16,18,27H,17H2,(H,34,36)(H,35,37). The highest BCUT2D eigenvalue weighted by Crippen LogP contribution is 2.40. The van der Waals surface area contributed by atoms with Crippen molar-refractivity contribution in [3.8, 4) is 0 Å². The molecule has 0 fully saturated rings. The normalized spacial score (nSPS) is 12.0. The van der Waals surface area contributed by atoms with Gasteiger partial charge >= 0.3 is 6.18 Å². The largest absolute Gasteiger partial charge is 0.418 e. The van der Waals surface area contributed by atoms with Gasteiger partial charge in [-0.1, -0.05) is 72.3 Å². The van der Waals surface area contributed by atoms with Gasteiger partial charge in [0.15, 0.2) is 0 Å². The van der Waals surface area contributed by atoms with Crippen LogP contribution in [0.3, 0.4) is 0 Å². The summed E-state index contributed by atoms with van der Waals surface area (Å²) in [7, 11) is 0. The number of nitrogens with one attached hydrogen (secondary N) is 2. The van der Waals surface area contributed by atoms with Gasteiger partial charge < -0.3 is 10.6 Å². The Kier molecular flexibility index (Phi) is 8.76. The van der Waals surface area contributed by atoms with E-state index < -0.39 is 22.9 Å². The third-order valence-electron chi connectivity index (χ3n) is 5.48. The fourth-order valence-electron chi connectivity index (χ4n) is 3.70. The second kappa shape index (κ2) is 12.2. The fraction of sp³-hybridized carbons (Fsp3) is 0.103. The SMILES string of the molecule is O=C(Cc1ccccc1)Nc1ccc(SC(C(=O)Nc2ccc(Cl)cc2C(F)(F)F)c2ccccc2)cc1. The van der Waals surface area contributed by atoms with Crippen LogP contribution in [-0.2, 0) is 22.2 Å². The maximum atomic E-state index is 13.6. The molecule has 0 spiro atoms. The van der Waals surface area contributed by atoms with Gasteiger partial charge in [-0.25, -0.2) is 0 Å². The van der Waals surface area contributed by atoms with Gasteiger partial charge in [0, 0.05) is 15.6 Å². The van der Waals surface area contributed by atoms with Crippen LogP contribution in [0.15, 0.2) is 108 Å². The summed E-state index contributed by atoms with van der Waals surface area (Å²) in [6, 6.07) is 28.3. The van der Waals surface area contributed by atoms with E-state index in [4.69, 9.17) is 11.6 Å². The van der Waals surface area contributed by atoms with E-state index in [-0.39, 0.29) is 23.0 Å². The number of hydrogen-bond acceptors (Lipinski definition) is 3. The molecule has 0 saturated carbocycles. The molecule has 0 heterocycles. The number of rotatable bonds is 8. The summed E-state index contributed by atoms with van der Waals surface area (Å²) in [4.78, 5) is 26.3. The number of amides is 2. The van der Waals surface area contributed by atoms with E-state index in [2.05, 4.69) is 10.6 Å². The number of halogens is 4. The highest BCUT2D eigenvalue weighted by Gasteiger charge is 2.35. The minimum Gasteiger partial charge on any atom is -0.326 e. The zero-order chi connectivity index (χ0) is 27.1. The maximum Gasteiger partial charge on any atom is 0.418 e. The van der Waals surface area contributed by atoms with Crippen LogP contribution >= 0.6 is 23.4 Å². The first-order chi connectivity index (χ1) is 18.2. The van der Waals surface area contributed by atoms with Gasteiger partial charge in [-0.15, -0.1) is 11.8 Å². The number of hydrogen-bond donors (Lipinski definition) is 2. The van der Waals surface area contributed by atoms with Crippen LogP contribution in [0.5, 0.6) is 0 Å². The Morgan fingerprint density at radius 1 is 0.816 bits per heavy atom. The van der Waals surface area contributed by atoms with Crippen molar-refractivity contribution >= 4 is 46.6 Å². The Labute approximate surface area is 227 Å². The van der Waals surface area contributed by atoms with E-state index >= 15 is 0 Å². The van der Waals surface area contributed by atoms with E-state index in [0.717, 1.165) is 17.7 Å². The Morgan fingerprint density at radius 2 is 1.45 bits per heavy atom. The summed E-state index contributed by atoms with van der Waals surface area (Å²) >= 11 is 6.95. The second-order valence-electron chi connectivity index (χ2n) is 8.32. The number of anilines is 2. The van der Waals surface area contributed by atoms with E-state index in [1.54, 1.807) is 54.6 Å². The molecule has 0 radical (unpaired) electrons. The number of thioether (sulfide) groups is 1. The van der Waals surface area contributed by atoms with Crippen LogP contribution in [0.2, 0.25) is 5.02 Å². The highest BCUT2D eigenvalue weighted by atomic mass is 35.5. The van der Waals surface area contributed by atoms with Crippen LogP contribution in [0.4, 0.5) is 24.5 Å². The summed E-state index contributed by atoms with van der Waals surface area (Å²) in [5.74, 6) is -0.782. The summed E-state index contributed by atoms with van der Waals surface area (Å²) in [6.07, 6.45) is -4.46. The number of alkyl halides is 3. The topological polar surface area (TPSA) is 58.2 Å². The zero-order valence-corrected chi connectivity index (χ0v) is 21.4. The zero-order valence-electron chi connectivity index (χ0n) is 19.8. The van der Waals surface area contributed by atoms with Crippen molar-refractivity contribution in [2.45, 2.75) is 22.7 Å². The van der Waals surface area contributed by atoms with Gasteiger partial charge in [-0.05, 0) is 53.6 Å². The molecule has 1 atom stereocenters. The van der Waals surface area contributed by atoms with E-state index in [9.17, 15) is 22.8 Å². The van der Waals surface area contributed by atoms with Crippen LogP contribution in [0.1, 0.15) is 21.9 Å². The van der Waals surface area contributed by atoms with Crippen molar-refractivity contribution < 1.29 is 22.8 Å². The Morgan fingerprint density at radius 3 is 2.08 bits per heavy atom. The summed E-state index contributed by atoms with van der Waals surface area (Å²) in [5.41, 5.74) is 0.712. The molecule has 194 valence electrons. The Balaban J connectivity index is 1.50. The van der Waals surface area contributed by atoms with Gasteiger partial charge in [0.2, 0.25) is 11.8 Å². The lowest BCUT2D eigenvalue weighted by Gasteiger charge is -2.19. The van der Waals surface area contributed by atoms with Crippen molar-refractivity contribution in [2.75, 3.05) is 10.6 Å². The van der Waals surface area contributed by atoms with Gasteiger partial charge in [0.05, 0.1) is 17.7 Å². The first kappa shape index (κ1) is 27.3. The predicted octanol–water partition coefficient (Wildman–Crippen LogP) is 8.01. The number of carbonyl (C=O) groups excluding carboxylic acids is 2. The highest BCUT2D eigenvalue weighted by molar-refractivity contribution is 8.00. The monoisotopic (exact) mass is 554 g/mol. The lowest BCUT2D eigenvalue weighted by atomic mass is 10.1. The third-order valence-corrected chi connectivity index (χ3v) is 6.99. The Bertz CT molecular complexity index is 1400. The fourth-order valence-corrected chi connectivity index (χ4v) is 4.90. The molecule has 0 aromatic heterocycles. The molecule has 4 rings (SSSR count). The van der Waals surface area contributed by atoms with E-state index in [1.807, 2.05) is 30.3 Å².